The van der Waals surface area contributed by atoms with Crippen LogP contribution in [0.5, 0.6) is 5.75 Å². The molecule has 0 heterocycles. The highest BCUT2D eigenvalue weighted by atomic mass is 16.4. The highest BCUT2D eigenvalue weighted by Crippen LogP contribution is 2.28. The van der Waals surface area contributed by atoms with Gasteiger partial charge in [0.1, 0.15) is 11.3 Å². The van der Waals surface area contributed by atoms with E-state index in [9.17, 15) is 14.7 Å². The summed E-state index contributed by atoms with van der Waals surface area (Å²) in [7, 11) is 0. The number of rotatable bonds is 5. The first-order valence-corrected chi connectivity index (χ1v) is 6.67. The smallest absolute Gasteiger partial charge is 0.339 e. The Kier molecular flexibility index (Phi) is 4.45. The van der Waals surface area contributed by atoms with Gasteiger partial charge in [-0.3, -0.25) is 0 Å². The number of urea groups is 1. The molecule has 0 unspecified atom stereocenters. The van der Waals surface area contributed by atoms with Crippen LogP contribution in [0, 0.1) is 5.92 Å². The average Bonchev–Trinajstić information content (AvgIpc) is 2.32. The van der Waals surface area contributed by atoms with E-state index < -0.39 is 5.97 Å². The van der Waals surface area contributed by atoms with E-state index in [0.717, 1.165) is 12.3 Å². The molecule has 4 N–H and O–H groups in total. The van der Waals surface area contributed by atoms with Crippen molar-refractivity contribution in [2.75, 3.05) is 11.9 Å². The Morgan fingerprint density at radius 2 is 2.05 bits per heavy atom. The standard InChI is InChI=1S/C14H18N2O4/c17-12-8-10(4-5-11(12)13(18)19)16-14(20)15-7-6-9-2-1-3-9/h4-5,8-9,17H,1-3,6-7H2,(H,18,19)(H2,15,16,20). The van der Waals surface area contributed by atoms with Crippen LogP contribution >= 0.6 is 0 Å². The molecular formula is C14H18N2O4. The number of amides is 2. The van der Waals surface area contributed by atoms with E-state index in [0.29, 0.717) is 12.2 Å². The Bertz CT molecular complexity index is 512. The monoisotopic (exact) mass is 278 g/mol. The van der Waals surface area contributed by atoms with Crippen LogP contribution in [0.1, 0.15) is 36.0 Å². The first kappa shape index (κ1) is 14.2. The quantitative estimate of drug-likeness (QED) is 0.664. The molecule has 0 bridgehead atoms. The number of anilines is 1. The van der Waals surface area contributed by atoms with Gasteiger partial charge in [0.05, 0.1) is 0 Å². The number of carbonyl (C=O) groups is 2. The van der Waals surface area contributed by atoms with E-state index in [1.807, 2.05) is 0 Å². The predicted molar refractivity (Wildman–Crippen MR) is 74.0 cm³/mol. The summed E-state index contributed by atoms with van der Waals surface area (Å²) < 4.78 is 0. The van der Waals surface area contributed by atoms with Crippen molar-refractivity contribution in [1.82, 2.24) is 5.32 Å². The number of carboxylic acids is 1. The summed E-state index contributed by atoms with van der Waals surface area (Å²) in [5, 5.41) is 23.6. The lowest BCUT2D eigenvalue weighted by atomic mass is 9.83. The number of phenols is 1. The van der Waals surface area contributed by atoms with Gasteiger partial charge in [-0.1, -0.05) is 19.3 Å². The number of carboxylic acid groups (broad SMARTS) is 1. The molecule has 1 fully saturated rings. The maximum atomic E-state index is 11.6. The fourth-order valence-corrected chi connectivity index (χ4v) is 2.14. The van der Waals surface area contributed by atoms with Crippen molar-refractivity contribution in [3.63, 3.8) is 0 Å². The first-order valence-electron chi connectivity index (χ1n) is 6.67. The molecule has 0 aromatic heterocycles. The molecule has 20 heavy (non-hydrogen) atoms. The first-order chi connectivity index (χ1) is 9.56. The molecule has 1 aromatic rings. The molecule has 1 aliphatic rings. The summed E-state index contributed by atoms with van der Waals surface area (Å²) in [6, 6.07) is 3.55. The number of hydrogen-bond donors (Lipinski definition) is 4. The van der Waals surface area contributed by atoms with Gasteiger partial charge in [-0.15, -0.1) is 0 Å². The summed E-state index contributed by atoms with van der Waals surface area (Å²) in [5.74, 6) is -0.849. The van der Waals surface area contributed by atoms with Crippen LogP contribution < -0.4 is 10.6 Å². The Morgan fingerprint density at radius 1 is 1.30 bits per heavy atom. The second-order valence-electron chi connectivity index (χ2n) is 5.00. The fraction of sp³-hybridized carbons (Fsp3) is 0.429. The van der Waals surface area contributed by atoms with Gasteiger partial charge in [0, 0.05) is 18.3 Å². The van der Waals surface area contributed by atoms with E-state index in [1.165, 1.54) is 37.5 Å². The summed E-state index contributed by atoms with van der Waals surface area (Å²) in [4.78, 5) is 22.3. The van der Waals surface area contributed by atoms with Crippen molar-refractivity contribution in [1.29, 1.82) is 0 Å². The molecule has 1 aliphatic carbocycles. The van der Waals surface area contributed by atoms with Gasteiger partial charge in [-0.05, 0) is 24.5 Å². The molecule has 0 saturated heterocycles. The molecule has 2 rings (SSSR count). The van der Waals surface area contributed by atoms with Gasteiger partial charge in [-0.2, -0.15) is 0 Å². The van der Waals surface area contributed by atoms with Crippen molar-refractivity contribution in [3.05, 3.63) is 23.8 Å². The van der Waals surface area contributed by atoms with Crippen molar-refractivity contribution >= 4 is 17.7 Å². The van der Waals surface area contributed by atoms with Crippen LogP contribution in [0.25, 0.3) is 0 Å². The number of hydrogen-bond acceptors (Lipinski definition) is 3. The van der Waals surface area contributed by atoms with Crippen molar-refractivity contribution in [3.8, 4) is 5.75 Å². The molecular weight excluding hydrogens is 260 g/mol. The third kappa shape index (κ3) is 3.63. The van der Waals surface area contributed by atoms with E-state index in [2.05, 4.69) is 10.6 Å². The van der Waals surface area contributed by atoms with Crippen LogP contribution in [0.3, 0.4) is 0 Å². The molecule has 6 heteroatoms. The lowest BCUT2D eigenvalue weighted by Crippen LogP contribution is -2.31. The van der Waals surface area contributed by atoms with Crippen LogP contribution in [-0.2, 0) is 0 Å². The van der Waals surface area contributed by atoms with Crippen LogP contribution in [0.4, 0.5) is 10.5 Å². The highest BCUT2D eigenvalue weighted by molar-refractivity contribution is 5.93. The third-order valence-electron chi connectivity index (χ3n) is 3.55. The van der Waals surface area contributed by atoms with Gasteiger partial charge in [0.25, 0.3) is 0 Å². The second-order valence-corrected chi connectivity index (χ2v) is 5.00. The molecule has 0 radical (unpaired) electrons. The normalized spacial score (nSPS) is 14.4. The lowest BCUT2D eigenvalue weighted by Gasteiger charge is -2.25. The minimum Gasteiger partial charge on any atom is -0.507 e. The van der Waals surface area contributed by atoms with Crippen LogP contribution in [0.15, 0.2) is 18.2 Å². The van der Waals surface area contributed by atoms with E-state index >= 15 is 0 Å². The number of benzene rings is 1. The molecule has 6 nitrogen and oxygen atoms in total. The van der Waals surface area contributed by atoms with Crippen LogP contribution in [-0.4, -0.2) is 28.8 Å². The Morgan fingerprint density at radius 3 is 2.60 bits per heavy atom. The number of aromatic hydroxyl groups is 1. The molecule has 2 amide bonds. The fourth-order valence-electron chi connectivity index (χ4n) is 2.14. The van der Waals surface area contributed by atoms with E-state index in [4.69, 9.17) is 5.11 Å². The summed E-state index contributed by atoms with van der Waals surface area (Å²) >= 11 is 0. The minimum absolute atomic E-state index is 0.194. The third-order valence-corrected chi connectivity index (χ3v) is 3.55. The van der Waals surface area contributed by atoms with Crippen molar-refractivity contribution in [2.24, 2.45) is 5.92 Å². The zero-order valence-corrected chi connectivity index (χ0v) is 11.1. The maximum Gasteiger partial charge on any atom is 0.339 e. The summed E-state index contributed by atoms with van der Waals surface area (Å²) in [6.45, 7) is 0.621. The second kappa shape index (κ2) is 6.27. The minimum atomic E-state index is -1.21. The van der Waals surface area contributed by atoms with Crippen molar-refractivity contribution in [2.45, 2.75) is 25.7 Å². The van der Waals surface area contributed by atoms with Gasteiger partial charge in [-0.25, -0.2) is 9.59 Å². The number of carbonyl (C=O) groups excluding carboxylic acids is 1. The molecule has 1 aromatic carbocycles. The maximum absolute atomic E-state index is 11.6. The highest BCUT2D eigenvalue weighted by Gasteiger charge is 2.17. The van der Waals surface area contributed by atoms with Gasteiger partial charge in [0.15, 0.2) is 0 Å². The molecule has 108 valence electrons. The topological polar surface area (TPSA) is 98.7 Å². The van der Waals surface area contributed by atoms with Crippen molar-refractivity contribution < 1.29 is 19.8 Å². The number of aromatic carboxylic acids is 1. The summed E-state index contributed by atoms with van der Waals surface area (Å²) in [6.07, 6.45) is 4.75. The zero-order valence-electron chi connectivity index (χ0n) is 11.1. The van der Waals surface area contributed by atoms with E-state index in [1.54, 1.807) is 0 Å². The predicted octanol–water partition coefficient (Wildman–Crippen LogP) is 2.40. The molecule has 1 saturated carbocycles. The largest absolute Gasteiger partial charge is 0.507 e. The zero-order chi connectivity index (χ0) is 14.5. The lowest BCUT2D eigenvalue weighted by molar-refractivity contribution is 0.0694. The average molecular weight is 278 g/mol. The Labute approximate surface area is 116 Å². The Balaban J connectivity index is 1.81. The van der Waals surface area contributed by atoms with Gasteiger partial charge < -0.3 is 20.8 Å². The van der Waals surface area contributed by atoms with Crippen LogP contribution in [0.2, 0.25) is 0 Å². The number of nitrogens with one attached hydrogen (secondary N) is 2. The Hall–Kier alpha value is -2.24. The molecule has 0 atom stereocenters. The van der Waals surface area contributed by atoms with Gasteiger partial charge >= 0.3 is 12.0 Å². The molecule has 0 spiro atoms. The SMILES string of the molecule is O=C(NCCC1CCC1)Nc1ccc(C(=O)O)c(O)c1. The van der Waals surface area contributed by atoms with Gasteiger partial charge in [0.2, 0.25) is 0 Å². The summed E-state index contributed by atoms with van der Waals surface area (Å²) in [5.41, 5.74) is 0.162. The molecule has 0 aliphatic heterocycles. The van der Waals surface area contributed by atoms with E-state index in [-0.39, 0.29) is 17.3 Å².